The summed E-state index contributed by atoms with van der Waals surface area (Å²) in [5.41, 5.74) is 2.12. The van der Waals surface area contributed by atoms with Crippen molar-refractivity contribution in [2.24, 2.45) is 0 Å². The van der Waals surface area contributed by atoms with E-state index in [1.807, 2.05) is 41.0 Å². The third-order valence-corrected chi connectivity index (χ3v) is 5.98. The van der Waals surface area contributed by atoms with Crippen LogP contribution >= 0.6 is 0 Å². The normalized spacial score (nSPS) is 17.4. The van der Waals surface area contributed by atoms with Crippen LogP contribution in [-0.2, 0) is 6.54 Å². The Kier molecular flexibility index (Phi) is 6.06. The molecule has 0 saturated carbocycles. The first kappa shape index (κ1) is 21.1. The predicted molar refractivity (Wildman–Crippen MR) is 114 cm³/mol. The zero-order chi connectivity index (χ0) is 22.0. The van der Waals surface area contributed by atoms with Gasteiger partial charge >= 0.3 is 12.1 Å². The first-order valence-electron chi connectivity index (χ1n) is 10.5. The molecule has 4 amide bonds. The second-order valence-corrected chi connectivity index (χ2v) is 8.16. The van der Waals surface area contributed by atoms with Crippen LogP contribution in [0.25, 0.3) is 0 Å². The molecule has 2 aromatic rings. The highest BCUT2D eigenvalue weighted by atomic mass is 19.1. The number of rotatable bonds is 4. The van der Waals surface area contributed by atoms with E-state index in [-0.39, 0.29) is 17.8 Å². The molecule has 0 aromatic heterocycles. The molecule has 2 saturated heterocycles. The maximum atomic E-state index is 13.8. The van der Waals surface area contributed by atoms with E-state index in [0.29, 0.717) is 45.6 Å². The van der Waals surface area contributed by atoms with Gasteiger partial charge in [0.05, 0.1) is 5.69 Å². The van der Waals surface area contributed by atoms with Crippen LogP contribution in [0.2, 0.25) is 0 Å². The highest BCUT2D eigenvalue weighted by Gasteiger charge is 2.36. The molecule has 164 valence electrons. The number of piperidine rings is 1. The summed E-state index contributed by atoms with van der Waals surface area (Å²) in [6, 6.07) is 10.8. The highest BCUT2D eigenvalue weighted by Crippen LogP contribution is 2.24. The Morgan fingerprint density at radius 2 is 1.74 bits per heavy atom. The molecule has 4 rings (SSSR count). The number of aryl methyl sites for hydroxylation is 1. The molecule has 31 heavy (non-hydrogen) atoms. The zero-order valence-electron chi connectivity index (χ0n) is 17.5. The van der Waals surface area contributed by atoms with Gasteiger partial charge in [-0.3, -0.25) is 0 Å². The van der Waals surface area contributed by atoms with Crippen molar-refractivity contribution in [2.45, 2.75) is 32.4 Å². The fraction of sp³-hybridized carbons (Fsp3) is 0.391. The minimum absolute atomic E-state index is 0.0327. The Bertz CT molecular complexity index is 959. The summed E-state index contributed by atoms with van der Waals surface area (Å²) < 4.78 is 27.1. The summed E-state index contributed by atoms with van der Waals surface area (Å²) in [4.78, 5) is 30.7. The molecule has 2 fully saturated rings. The second kappa shape index (κ2) is 8.91. The lowest BCUT2D eigenvalue weighted by molar-refractivity contribution is 0.139. The highest BCUT2D eigenvalue weighted by molar-refractivity contribution is 5.89. The van der Waals surface area contributed by atoms with E-state index in [9.17, 15) is 18.4 Å². The molecule has 6 nitrogen and oxygen atoms in total. The molecule has 2 aliphatic rings. The van der Waals surface area contributed by atoms with Gasteiger partial charge in [0.15, 0.2) is 0 Å². The molecule has 0 aliphatic carbocycles. The Balaban J connectivity index is 1.29. The van der Waals surface area contributed by atoms with Gasteiger partial charge in [-0.2, -0.15) is 0 Å². The van der Waals surface area contributed by atoms with Crippen LogP contribution in [-0.4, -0.2) is 59.0 Å². The summed E-state index contributed by atoms with van der Waals surface area (Å²) in [5.74, 6) is -1.29. The van der Waals surface area contributed by atoms with Crippen molar-refractivity contribution in [2.75, 3.05) is 31.5 Å². The van der Waals surface area contributed by atoms with E-state index in [1.165, 1.54) is 5.56 Å². The molecule has 2 aromatic carbocycles. The predicted octanol–water partition coefficient (Wildman–Crippen LogP) is 4.21. The number of benzene rings is 2. The van der Waals surface area contributed by atoms with E-state index >= 15 is 0 Å². The van der Waals surface area contributed by atoms with Crippen molar-refractivity contribution in [3.8, 4) is 0 Å². The molecular formula is C23H26F2N4O2. The SMILES string of the molecule is Cc1ccc(CN2CCN(C3CCN(C(=O)Nc4cc(F)ccc4F)CC3)C2=O)cc1. The van der Waals surface area contributed by atoms with E-state index in [1.54, 1.807) is 4.90 Å². The van der Waals surface area contributed by atoms with Gasteiger partial charge in [-0.15, -0.1) is 0 Å². The van der Waals surface area contributed by atoms with Crippen LogP contribution in [0.15, 0.2) is 42.5 Å². The minimum Gasteiger partial charge on any atom is -0.324 e. The van der Waals surface area contributed by atoms with Crippen LogP contribution in [0.5, 0.6) is 0 Å². The van der Waals surface area contributed by atoms with E-state index in [0.717, 1.165) is 23.8 Å². The Morgan fingerprint density at radius 1 is 1.03 bits per heavy atom. The maximum absolute atomic E-state index is 13.8. The van der Waals surface area contributed by atoms with Crippen LogP contribution in [0.3, 0.4) is 0 Å². The fourth-order valence-electron chi connectivity index (χ4n) is 4.17. The number of amides is 4. The quantitative estimate of drug-likeness (QED) is 0.793. The largest absolute Gasteiger partial charge is 0.324 e. The molecule has 0 bridgehead atoms. The smallest absolute Gasteiger partial charge is 0.321 e. The Hall–Kier alpha value is -3.16. The number of carbonyl (C=O) groups is 2. The molecular weight excluding hydrogens is 402 g/mol. The van der Waals surface area contributed by atoms with Gasteiger partial charge in [-0.25, -0.2) is 18.4 Å². The lowest BCUT2D eigenvalue weighted by Crippen LogP contribution is -2.49. The van der Waals surface area contributed by atoms with Crippen molar-refractivity contribution >= 4 is 17.7 Å². The van der Waals surface area contributed by atoms with Gasteiger partial charge < -0.3 is 20.0 Å². The lowest BCUT2D eigenvalue weighted by Gasteiger charge is -2.36. The number of carbonyl (C=O) groups excluding carboxylic acids is 2. The monoisotopic (exact) mass is 428 g/mol. The summed E-state index contributed by atoms with van der Waals surface area (Å²) in [6.45, 7) is 4.90. The maximum Gasteiger partial charge on any atom is 0.321 e. The van der Waals surface area contributed by atoms with Crippen molar-refractivity contribution in [3.05, 3.63) is 65.2 Å². The lowest BCUT2D eigenvalue weighted by atomic mass is 10.0. The third kappa shape index (κ3) is 4.78. The third-order valence-electron chi connectivity index (χ3n) is 5.98. The Morgan fingerprint density at radius 3 is 2.45 bits per heavy atom. The van der Waals surface area contributed by atoms with Gasteiger partial charge in [0.25, 0.3) is 0 Å². The van der Waals surface area contributed by atoms with Gasteiger partial charge in [0.2, 0.25) is 0 Å². The van der Waals surface area contributed by atoms with E-state index in [4.69, 9.17) is 0 Å². The molecule has 0 radical (unpaired) electrons. The summed E-state index contributed by atoms with van der Waals surface area (Å²) in [6.07, 6.45) is 1.31. The zero-order valence-corrected chi connectivity index (χ0v) is 17.5. The van der Waals surface area contributed by atoms with Gasteiger partial charge in [0.1, 0.15) is 11.6 Å². The minimum atomic E-state index is -0.680. The topological polar surface area (TPSA) is 55.9 Å². The van der Waals surface area contributed by atoms with Crippen molar-refractivity contribution in [1.82, 2.24) is 14.7 Å². The summed E-state index contributed by atoms with van der Waals surface area (Å²) in [7, 11) is 0. The van der Waals surface area contributed by atoms with Gasteiger partial charge in [-0.05, 0) is 37.5 Å². The van der Waals surface area contributed by atoms with Crippen LogP contribution < -0.4 is 5.32 Å². The number of urea groups is 2. The number of likely N-dealkylation sites (tertiary alicyclic amines) is 1. The first-order valence-corrected chi connectivity index (χ1v) is 10.5. The average Bonchev–Trinajstić information content (AvgIpc) is 3.12. The number of hydrogen-bond acceptors (Lipinski definition) is 2. The van der Waals surface area contributed by atoms with E-state index < -0.39 is 17.7 Å². The van der Waals surface area contributed by atoms with Crippen LogP contribution in [0, 0.1) is 18.6 Å². The molecule has 8 heteroatoms. The van der Waals surface area contributed by atoms with Gasteiger partial charge in [0, 0.05) is 44.8 Å². The number of anilines is 1. The molecule has 1 N–H and O–H groups in total. The number of nitrogens with one attached hydrogen (secondary N) is 1. The molecule has 2 heterocycles. The number of nitrogens with zero attached hydrogens (tertiary/aromatic N) is 3. The number of halogens is 2. The van der Waals surface area contributed by atoms with Crippen molar-refractivity contribution in [1.29, 1.82) is 0 Å². The fourth-order valence-corrected chi connectivity index (χ4v) is 4.17. The summed E-state index contributed by atoms with van der Waals surface area (Å²) >= 11 is 0. The molecule has 0 atom stereocenters. The Labute approximate surface area is 180 Å². The average molecular weight is 428 g/mol. The van der Waals surface area contributed by atoms with Crippen molar-refractivity contribution in [3.63, 3.8) is 0 Å². The first-order chi connectivity index (χ1) is 14.9. The molecule has 0 spiro atoms. The summed E-state index contributed by atoms with van der Waals surface area (Å²) in [5, 5.41) is 2.44. The second-order valence-electron chi connectivity index (χ2n) is 8.16. The molecule has 2 aliphatic heterocycles. The van der Waals surface area contributed by atoms with E-state index in [2.05, 4.69) is 5.32 Å². The molecule has 0 unspecified atom stereocenters. The van der Waals surface area contributed by atoms with Gasteiger partial charge in [-0.1, -0.05) is 29.8 Å². The standard InChI is InChI=1S/C23H26F2N4O2/c1-16-2-4-17(5-3-16)15-28-12-13-29(23(28)31)19-8-10-27(11-9-19)22(30)26-21-14-18(24)6-7-20(21)25/h2-7,14,19H,8-13,15H2,1H3,(H,26,30). The van der Waals surface area contributed by atoms with Crippen LogP contribution in [0.1, 0.15) is 24.0 Å². The van der Waals surface area contributed by atoms with Crippen molar-refractivity contribution < 1.29 is 18.4 Å². The number of hydrogen-bond donors (Lipinski definition) is 1. The van der Waals surface area contributed by atoms with Crippen LogP contribution in [0.4, 0.5) is 24.1 Å².